The molecule has 2 nitrogen and oxygen atoms in total. The van der Waals surface area contributed by atoms with Gasteiger partial charge in [-0.2, -0.15) is 0 Å². The molecule has 0 aliphatic rings. The molecule has 3 heteroatoms. The predicted octanol–water partition coefficient (Wildman–Crippen LogP) is 4.20. The number of hydrogen-bond acceptors (Lipinski definition) is 2. The first kappa shape index (κ1) is 15.9. The van der Waals surface area contributed by atoms with Crippen molar-refractivity contribution in [2.75, 3.05) is 13.2 Å². The van der Waals surface area contributed by atoms with Crippen LogP contribution in [0.2, 0.25) is 6.55 Å². The van der Waals surface area contributed by atoms with Gasteiger partial charge in [0, 0.05) is 13.2 Å². The van der Waals surface area contributed by atoms with E-state index in [9.17, 15) is 0 Å². The minimum Gasteiger partial charge on any atom is -0.391 e. The van der Waals surface area contributed by atoms with Crippen molar-refractivity contribution < 1.29 is 8.85 Å². The van der Waals surface area contributed by atoms with E-state index in [4.69, 9.17) is 8.85 Å². The van der Waals surface area contributed by atoms with Crippen LogP contribution in [-0.2, 0) is 8.85 Å². The summed E-state index contributed by atoms with van der Waals surface area (Å²) < 4.78 is 11.6. The average Bonchev–Trinajstić information content (AvgIpc) is 2.31. The van der Waals surface area contributed by atoms with E-state index in [1.165, 1.54) is 25.7 Å². The summed E-state index contributed by atoms with van der Waals surface area (Å²) in [5, 5.41) is 0. The lowest BCUT2D eigenvalue weighted by Gasteiger charge is -2.23. The Morgan fingerprint density at radius 2 is 1.56 bits per heavy atom. The third kappa shape index (κ3) is 8.08. The van der Waals surface area contributed by atoms with Gasteiger partial charge in [-0.25, -0.2) is 0 Å². The Labute approximate surface area is 102 Å². The molecule has 16 heavy (non-hydrogen) atoms. The molecule has 0 radical (unpaired) electrons. The normalized spacial score (nSPS) is 14.7. The second-order valence-electron chi connectivity index (χ2n) is 4.33. The Balaban J connectivity index is 3.57. The van der Waals surface area contributed by atoms with E-state index < -0.39 is 8.56 Å². The fraction of sp³-hybridized carbons (Fsp3) is 0.846. The lowest BCUT2D eigenvalue weighted by Crippen LogP contribution is -2.37. The summed E-state index contributed by atoms with van der Waals surface area (Å²) in [6, 6.07) is 0. The fourth-order valence-corrected chi connectivity index (χ4v) is 2.92. The van der Waals surface area contributed by atoms with E-state index in [1.807, 2.05) is 5.70 Å². The van der Waals surface area contributed by atoms with Gasteiger partial charge < -0.3 is 8.85 Å². The molecular formula is C13H28O2Si. The van der Waals surface area contributed by atoms with Crippen LogP contribution in [0.3, 0.4) is 0 Å². The van der Waals surface area contributed by atoms with Gasteiger partial charge in [-0.15, -0.1) is 6.58 Å². The van der Waals surface area contributed by atoms with Crippen molar-refractivity contribution in [2.24, 2.45) is 0 Å². The first-order valence-electron chi connectivity index (χ1n) is 6.60. The van der Waals surface area contributed by atoms with Crippen LogP contribution in [0, 0.1) is 0 Å². The van der Waals surface area contributed by atoms with Crippen molar-refractivity contribution in [2.45, 2.75) is 58.9 Å². The van der Waals surface area contributed by atoms with Crippen molar-refractivity contribution >= 4 is 8.56 Å². The Morgan fingerprint density at radius 3 is 2.12 bits per heavy atom. The van der Waals surface area contributed by atoms with E-state index in [0.29, 0.717) is 0 Å². The summed E-state index contributed by atoms with van der Waals surface area (Å²) in [4.78, 5) is 0. The average molecular weight is 244 g/mol. The summed E-state index contributed by atoms with van der Waals surface area (Å²) in [6.45, 7) is 11.8. The first-order valence-corrected chi connectivity index (χ1v) is 8.99. The predicted molar refractivity (Wildman–Crippen MR) is 72.8 cm³/mol. The third-order valence-corrected chi connectivity index (χ3v) is 4.90. The monoisotopic (exact) mass is 244 g/mol. The van der Waals surface area contributed by atoms with Crippen LogP contribution in [0.5, 0.6) is 0 Å². The molecule has 0 heterocycles. The molecule has 0 spiro atoms. The van der Waals surface area contributed by atoms with Crippen molar-refractivity contribution in [3.05, 3.63) is 12.3 Å². The zero-order chi connectivity index (χ0) is 12.3. The van der Waals surface area contributed by atoms with Gasteiger partial charge in [-0.3, -0.25) is 0 Å². The van der Waals surface area contributed by atoms with Crippen LogP contribution in [0.25, 0.3) is 0 Å². The van der Waals surface area contributed by atoms with Crippen molar-refractivity contribution in [1.29, 1.82) is 0 Å². The first-order chi connectivity index (χ1) is 7.68. The Hall–Kier alpha value is -0.123. The van der Waals surface area contributed by atoms with Crippen molar-refractivity contribution in [3.63, 3.8) is 0 Å². The highest BCUT2D eigenvalue weighted by molar-refractivity contribution is 6.71. The molecule has 1 atom stereocenters. The van der Waals surface area contributed by atoms with Crippen molar-refractivity contribution in [3.8, 4) is 0 Å². The molecule has 0 amide bonds. The summed E-state index contributed by atoms with van der Waals surface area (Å²) in [7, 11) is -2.05. The molecule has 0 saturated heterocycles. The minimum atomic E-state index is -2.05. The maximum absolute atomic E-state index is 5.86. The van der Waals surface area contributed by atoms with Gasteiger partial charge in [-0.1, -0.05) is 39.5 Å². The summed E-state index contributed by atoms with van der Waals surface area (Å²) in [6.07, 6.45) is 7.40. The highest BCUT2D eigenvalue weighted by Crippen LogP contribution is 2.11. The lowest BCUT2D eigenvalue weighted by molar-refractivity contribution is 0.181. The van der Waals surface area contributed by atoms with E-state index in [1.54, 1.807) is 0 Å². The molecule has 0 fully saturated rings. The highest BCUT2D eigenvalue weighted by atomic mass is 28.4. The minimum absolute atomic E-state index is 0.782. The van der Waals surface area contributed by atoms with E-state index in [0.717, 1.165) is 26.1 Å². The van der Waals surface area contributed by atoms with Crippen molar-refractivity contribution in [1.82, 2.24) is 0 Å². The van der Waals surface area contributed by atoms with Crippen LogP contribution >= 0.6 is 0 Å². The summed E-state index contributed by atoms with van der Waals surface area (Å²) in [5.74, 6) is 0. The van der Waals surface area contributed by atoms with Gasteiger partial charge in [-0.05, 0) is 25.1 Å². The van der Waals surface area contributed by atoms with Gasteiger partial charge in [0.05, 0.1) is 0 Å². The molecule has 0 bridgehead atoms. The van der Waals surface area contributed by atoms with E-state index in [-0.39, 0.29) is 0 Å². The number of hydrogen-bond donors (Lipinski definition) is 0. The summed E-state index contributed by atoms with van der Waals surface area (Å²) in [5.41, 5.74) is 1.88. The Morgan fingerprint density at radius 1 is 0.938 bits per heavy atom. The van der Waals surface area contributed by atoms with Gasteiger partial charge in [0.15, 0.2) is 0 Å². The largest absolute Gasteiger partial charge is 0.391 e. The second kappa shape index (κ2) is 10.1. The SMILES string of the molecule is C=C[Si](C)(OCCC)OCCCCCCC. The van der Waals surface area contributed by atoms with E-state index >= 15 is 0 Å². The van der Waals surface area contributed by atoms with Crippen LogP contribution in [0.15, 0.2) is 12.3 Å². The van der Waals surface area contributed by atoms with Gasteiger partial charge >= 0.3 is 8.56 Å². The maximum Gasteiger partial charge on any atom is 0.361 e. The lowest BCUT2D eigenvalue weighted by atomic mass is 10.2. The van der Waals surface area contributed by atoms with Crippen LogP contribution in [0.4, 0.5) is 0 Å². The molecule has 0 aromatic heterocycles. The number of rotatable bonds is 11. The Kier molecular flexibility index (Phi) is 9.98. The number of unbranched alkanes of at least 4 members (excludes halogenated alkanes) is 4. The molecule has 0 aromatic carbocycles. The Bertz CT molecular complexity index is 173. The topological polar surface area (TPSA) is 18.5 Å². The molecule has 96 valence electrons. The van der Waals surface area contributed by atoms with E-state index in [2.05, 4.69) is 27.0 Å². The third-order valence-electron chi connectivity index (χ3n) is 2.60. The summed E-state index contributed by atoms with van der Waals surface area (Å²) >= 11 is 0. The molecule has 0 aliphatic heterocycles. The van der Waals surface area contributed by atoms with Crippen LogP contribution < -0.4 is 0 Å². The van der Waals surface area contributed by atoms with Gasteiger partial charge in [0.25, 0.3) is 0 Å². The zero-order valence-corrected chi connectivity index (χ0v) is 12.3. The molecular weight excluding hydrogens is 216 g/mol. The molecule has 0 saturated carbocycles. The molecule has 0 rings (SSSR count). The van der Waals surface area contributed by atoms with Crippen LogP contribution in [-0.4, -0.2) is 21.8 Å². The fourth-order valence-electron chi connectivity index (χ4n) is 1.44. The second-order valence-corrected chi connectivity index (χ2v) is 7.35. The molecule has 1 unspecified atom stereocenters. The standard InChI is InChI=1S/C13H28O2Si/c1-5-8-9-10-11-13-15-16(4,7-3)14-12-6-2/h7H,3,5-6,8-13H2,1-2,4H3. The maximum atomic E-state index is 5.86. The van der Waals surface area contributed by atoms with Gasteiger partial charge in [0.1, 0.15) is 0 Å². The smallest absolute Gasteiger partial charge is 0.361 e. The quantitative estimate of drug-likeness (QED) is 0.401. The highest BCUT2D eigenvalue weighted by Gasteiger charge is 2.26. The van der Waals surface area contributed by atoms with Crippen LogP contribution in [0.1, 0.15) is 52.4 Å². The molecule has 0 N–H and O–H groups in total. The zero-order valence-electron chi connectivity index (χ0n) is 11.3. The molecule has 0 aliphatic carbocycles. The van der Waals surface area contributed by atoms with Gasteiger partial charge in [0.2, 0.25) is 0 Å². The molecule has 0 aromatic rings.